The number of carbonyl (C=O) groups excluding carboxylic acids is 1. The lowest BCUT2D eigenvalue weighted by atomic mass is 9.96. The van der Waals surface area contributed by atoms with Crippen molar-refractivity contribution in [3.63, 3.8) is 0 Å². The number of aryl methyl sites for hydroxylation is 1. The number of carbonyl (C=O) groups is 1. The Balaban J connectivity index is 1.71. The number of hydrogen-bond donors (Lipinski definition) is 0. The summed E-state index contributed by atoms with van der Waals surface area (Å²) in [4.78, 5) is 22.0. The van der Waals surface area contributed by atoms with E-state index >= 15 is 0 Å². The topological polar surface area (TPSA) is 41.4 Å². The highest BCUT2D eigenvalue weighted by Gasteiger charge is 2.30. The number of fused-ring (bicyclic) bond motifs is 1. The van der Waals surface area contributed by atoms with Crippen LogP contribution in [-0.2, 0) is 18.4 Å². The first kappa shape index (κ1) is 17.9. The molecule has 1 aromatic carbocycles. The molecule has 0 bridgehead atoms. The predicted octanol–water partition coefficient (Wildman–Crippen LogP) is 3.04. The van der Waals surface area contributed by atoms with Crippen LogP contribution in [0, 0.1) is 5.92 Å². The van der Waals surface area contributed by atoms with Gasteiger partial charge in [0.05, 0.1) is 23.5 Å². The highest BCUT2D eigenvalue weighted by atomic mass is 16.2. The maximum absolute atomic E-state index is 12.9. The van der Waals surface area contributed by atoms with Crippen LogP contribution in [0.5, 0.6) is 0 Å². The zero-order chi connectivity index (χ0) is 18.0. The minimum absolute atomic E-state index is 0.116. The summed E-state index contributed by atoms with van der Waals surface area (Å²) < 4.78 is 2.17. The third-order valence-corrected chi connectivity index (χ3v) is 5.35. The van der Waals surface area contributed by atoms with E-state index in [0.717, 1.165) is 50.4 Å². The van der Waals surface area contributed by atoms with Gasteiger partial charge in [-0.1, -0.05) is 12.1 Å². The number of nitrogens with zero attached hydrogens (tertiary/aromatic N) is 4. The second-order valence-electron chi connectivity index (χ2n) is 7.37. The van der Waals surface area contributed by atoms with E-state index in [2.05, 4.69) is 55.5 Å². The highest BCUT2D eigenvalue weighted by molar-refractivity contribution is 5.79. The number of aromatic nitrogens is 2. The van der Waals surface area contributed by atoms with E-state index in [4.69, 9.17) is 4.98 Å². The molecule has 0 spiro atoms. The van der Waals surface area contributed by atoms with E-state index in [1.807, 2.05) is 11.0 Å². The Kier molecular flexibility index (Phi) is 5.42. The van der Waals surface area contributed by atoms with Crippen molar-refractivity contribution in [1.82, 2.24) is 19.4 Å². The fraction of sp³-hybridized carbons (Fsp3) is 0.600. The summed E-state index contributed by atoms with van der Waals surface area (Å²) in [5.41, 5.74) is 2.21. The number of hydrogen-bond acceptors (Lipinski definition) is 3. The normalized spacial score (nSPS) is 18.8. The Morgan fingerprint density at radius 3 is 2.80 bits per heavy atom. The third-order valence-electron chi connectivity index (χ3n) is 5.35. The number of likely N-dealkylation sites (tertiary alicyclic amines) is 1. The molecule has 1 amide bonds. The quantitative estimate of drug-likeness (QED) is 0.839. The van der Waals surface area contributed by atoms with Crippen molar-refractivity contribution in [2.24, 2.45) is 13.0 Å². The van der Waals surface area contributed by atoms with E-state index in [-0.39, 0.29) is 12.0 Å². The van der Waals surface area contributed by atoms with Crippen LogP contribution in [0.1, 0.15) is 39.4 Å². The Morgan fingerprint density at radius 1 is 1.36 bits per heavy atom. The Labute approximate surface area is 150 Å². The summed E-state index contributed by atoms with van der Waals surface area (Å²) in [7, 11) is 2.08. The molecule has 25 heavy (non-hydrogen) atoms. The molecule has 1 aliphatic rings. The average Bonchev–Trinajstić information content (AvgIpc) is 2.91. The maximum atomic E-state index is 12.9. The monoisotopic (exact) mass is 342 g/mol. The van der Waals surface area contributed by atoms with Crippen molar-refractivity contribution in [3.05, 3.63) is 30.1 Å². The van der Waals surface area contributed by atoms with Crippen molar-refractivity contribution in [2.75, 3.05) is 19.6 Å². The summed E-state index contributed by atoms with van der Waals surface area (Å²) in [6.07, 6.45) is 2.08. The number of benzene rings is 1. The Hall–Kier alpha value is -1.88. The molecule has 1 saturated heterocycles. The van der Waals surface area contributed by atoms with Crippen LogP contribution in [0.15, 0.2) is 24.3 Å². The molecule has 5 heteroatoms. The van der Waals surface area contributed by atoms with Gasteiger partial charge in [0.1, 0.15) is 5.82 Å². The summed E-state index contributed by atoms with van der Waals surface area (Å²) in [5, 5.41) is 0. The first-order chi connectivity index (χ1) is 12.0. The second kappa shape index (κ2) is 7.56. The number of para-hydroxylation sites is 2. The van der Waals surface area contributed by atoms with Gasteiger partial charge in [-0.25, -0.2) is 4.98 Å². The average molecular weight is 342 g/mol. The summed E-state index contributed by atoms with van der Waals surface area (Å²) in [6, 6.07) is 8.51. The van der Waals surface area contributed by atoms with Crippen LogP contribution in [0.2, 0.25) is 0 Å². The van der Waals surface area contributed by atoms with E-state index in [0.29, 0.717) is 5.91 Å². The predicted molar refractivity (Wildman–Crippen MR) is 101 cm³/mol. The molecular weight excluding hydrogens is 312 g/mol. The molecule has 5 nitrogen and oxygen atoms in total. The van der Waals surface area contributed by atoms with Crippen molar-refractivity contribution in [3.8, 4) is 0 Å². The number of rotatable bonds is 5. The first-order valence-electron chi connectivity index (χ1n) is 9.44. The van der Waals surface area contributed by atoms with Crippen LogP contribution in [0.4, 0.5) is 0 Å². The van der Waals surface area contributed by atoms with Gasteiger partial charge in [-0.05, 0) is 52.3 Å². The molecule has 0 unspecified atom stereocenters. The molecule has 1 atom stereocenters. The van der Waals surface area contributed by atoms with E-state index in [1.165, 1.54) is 5.52 Å². The first-order valence-corrected chi connectivity index (χ1v) is 9.44. The molecule has 2 aromatic rings. The fourth-order valence-corrected chi connectivity index (χ4v) is 3.95. The minimum Gasteiger partial charge on any atom is -0.340 e. The van der Waals surface area contributed by atoms with Crippen LogP contribution in [-0.4, -0.2) is 50.9 Å². The summed E-state index contributed by atoms with van der Waals surface area (Å²) in [6.45, 7) is 9.74. The molecule has 0 radical (unpaired) electrons. The van der Waals surface area contributed by atoms with Gasteiger partial charge in [0.15, 0.2) is 0 Å². The molecule has 0 saturated carbocycles. The molecule has 1 fully saturated rings. The van der Waals surface area contributed by atoms with Gasteiger partial charge in [-0.2, -0.15) is 0 Å². The molecule has 136 valence electrons. The minimum atomic E-state index is 0.116. The van der Waals surface area contributed by atoms with Gasteiger partial charge in [0.25, 0.3) is 0 Å². The number of amides is 1. The molecule has 1 aromatic heterocycles. The Bertz CT molecular complexity index is 736. The van der Waals surface area contributed by atoms with E-state index in [9.17, 15) is 4.79 Å². The highest BCUT2D eigenvalue weighted by Crippen LogP contribution is 2.22. The molecule has 0 N–H and O–H groups in total. The van der Waals surface area contributed by atoms with Gasteiger partial charge < -0.3 is 9.47 Å². The maximum Gasteiger partial charge on any atom is 0.227 e. The van der Waals surface area contributed by atoms with Gasteiger partial charge in [-0.15, -0.1) is 0 Å². The fourth-order valence-electron chi connectivity index (χ4n) is 3.95. The van der Waals surface area contributed by atoms with Crippen LogP contribution >= 0.6 is 0 Å². The smallest absolute Gasteiger partial charge is 0.227 e. The zero-order valence-corrected chi connectivity index (χ0v) is 15.9. The summed E-state index contributed by atoms with van der Waals surface area (Å²) in [5.74, 6) is 1.50. The van der Waals surface area contributed by atoms with Crippen LogP contribution in [0.3, 0.4) is 0 Å². The van der Waals surface area contributed by atoms with Crippen LogP contribution < -0.4 is 0 Å². The SMILES string of the molecule is CCN(C(=O)[C@@H]1CCCN(Cc2nc3ccccc3n2C)C1)C(C)C. The van der Waals surface area contributed by atoms with Crippen molar-refractivity contribution < 1.29 is 4.79 Å². The van der Waals surface area contributed by atoms with Crippen LogP contribution in [0.25, 0.3) is 11.0 Å². The summed E-state index contributed by atoms with van der Waals surface area (Å²) >= 11 is 0. The lowest BCUT2D eigenvalue weighted by molar-refractivity contribution is -0.139. The van der Waals surface area contributed by atoms with E-state index in [1.54, 1.807) is 0 Å². The largest absolute Gasteiger partial charge is 0.340 e. The van der Waals surface area contributed by atoms with Gasteiger partial charge in [0, 0.05) is 26.2 Å². The Morgan fingerprint density at radius 2 is 2.12 bits per heavy atom. The van der Waals surface area contributed by atoms with E-state index < -0.39 is 0 Å². The lowest BCUT2D eigenvalue weighted by Gasteiger charge is -2.36. The molecule has 2 heterocycles. The standard InChI is InChI=1S/C20H30N4O/c1-5-24(15(2)3)20(25)16-9-8-12-23(13-16)14-19-21-17-10-6-7-11-18(17)22(19)4/h6-7,10-11,15-16H,5,8-9,12-14H2,1-4H3/t16-/m1/s1. The van der Waals surface area contributed by atoms with Gasteiger partial charge in [0.2, 0.25) is 5.91 Å². The second-order valence-corrected chi connectivity index (χ2v) is 7.37. The lowest BCUT2D eigenvalue weighted by Crippen LogP contribution is -2.46. The molecule has 0 aliphatic carbocycles. The zero-order valence-electron chi connectivity index (χ0n) is 15.9. The van der Waals surface area contributed by atoms with Gasteiger partial charge >= 0.3 is 0 Å². The molecule has 3 rings (SSSR count). The van der Waals surface area contributed by atoms with Crippen molar-refractivity contribution in [2.45, 2.75) is 46.2 Å². The van der Waals surface area contributed by atoms with Crippen molar-refractivity contribution in [1.29, 1.82) is 0 Å². The number of piperidine rings is 1. The van der Waals surface area contributed by atoms with Crippen molar-refractivity contribution >= 4 is 16.9 Å². The number of imidazole rings is 1. The third kappa shape index (κ3) is 3.71. The molecule has 1 aliphatic heterocycles. The van der Waals surface area contributed by atoms with Gasteiger partial charge in [-0.3, -0.25) is 9.69 Å². The molecular formula is C20H30N4O.